The number of hydrogen-bond acceptors (Lipinski definition) is 9. The fourth-order valence-electron chi connectivity index (χ4n) is 3.72. The van der Waals surface area contributed by atoms with E-state index in [9.17, 15) is 0 Å². The molecule has 0 unspecified atom stereocenters. The summed E-state index contributed by atoms with van der Waals surface area (Å²) < 4.78 is 0. The third-order valence-corrected chi connectivity index (χ3v) is 6.69. The van der Waals surface area contributed by atoms with Gasteiger partial charge in [0.1, 0.15) is 0 Å². The molecule has 10 heteroatoms. The van der Waals surface area contributed by atoms with Crippen LogP contribution in [-0.2, 0) is 0 Å². The highest BCUT2D eigenvalue weighted by Crippen LogP contribution is 2.36. The number of benzene rings is 1. The summed E-state index contributed by atoms with van der Waals surface area (Å²) in [6, 6.07) is 9.80. The van der Waals surface area contributed by atoms with Crippen molar-refractivity contribution < 1.29 is 0 Å². The number of rotatable bonds is 6. The molecule has 2 fully saturated rings. The Hall–Kier alpha value is -2.85. The van der Waals surface area contributed by atoms with Gasteiger partial charge in [0.15, 0.2) is 11.0 Å². The molecule has 1 aliphatic heterocycles. The van der Waals surface area contributed by atoms with Crippen LogP contribution >= 0.6 is 11.8 Å². The van der Waals surface area contributed by atoms with Crippen LogP contribution in [0.2, 0.25) is 0 Å². The maximum atomic E-state index is 5.94. The number of nitrogens with one attached hydrogen (secondary N) is 2. The van der Waals surface area contributed by atoms with E-state index in [0.717, 1.165) is 42.6 Å². The first-order chi connectivity index (χ1) is 15.1. The van der Waals surface area contributed by atoms with Gasteiger partial charge < -0.3 is 20.9 Å². The Labute approximate surface area is 185 Å². The zero-order chi connectivity index (χ0) is 21.2. The molecule has 1 aromatic carbocycles. The number of aromatic nitrogens is 5. The fraction of sp³-hybridized carbons (Fsp3) is 0.429. The summed E-state index contributed by atoms with van der Waals surface area (Å²) >= 11 is 1.48. The lowest BCUT2D eigenvalue weighted by Crippen LogP contribution is -2.45. The zero-order valence-electron chi connectivity index (χ0n) is 17.6. The Bertz CT molecular complexity index is 1040. The van der Waals surface area contributed by atoms with Gasteiger partial charge in [0.2, 0.25) is 11.9 Å². The van der Waals surface area contributed by atoms with E-state index >= 15 is 0 Å². The molecule has 2 aliphatic rings. The lowest BCUT2D eigenvalue weighted by atomic mass is 9.83. The van der Waals surface area contributed by atoms with Crippen LogP contribution in [0.3, 0.4) is 0 Å². The number of likely N-dealkylation sites (N-methyl/N-ethyl adjacent to an activating group) is 1. The number of nitrogens with zero attached hydrogens (tertiary/aromatic N) is 6. The minimum absolute atomic E-state index is 0.502. The summed E-state index contributed by atoms with van der Waals surface area (Å²) in [7, 11) is 2.14. The molecule has 1 saturated heterocycles. The van der Waals surface area contributed by atoms with E-state index in [1.807, 2.05) is 24.3 Å². The van der Waals surface area contributed by atoms with Gasteiger partial charge in [-0.1, -0.05) is 12.5 Å². The highest BCUT2D eigenvalue weighted by Gasteiger charge is 2.22. The molecule has 9 nitrogen and oxygen atoms in total. The molecule has 2 aromatic heterocycles. The number of aromatic amines is 1. The standard InChI is InChI=1S/C21H27N9S/c1-29-8-10-30(11-9-29)20-24-19(23-18-13-17(27-28-18)14-4-2-5-14)25-21(26-20)31-16-7-3-6-15(22)12-16/h3,6-7,12-14H,2,4-5,8-11,22H2,1H3,(H2,23,24,25,26,27,28). The SMILES string of the molecule is CN1CCN(c2nc(Nc3cc(C4CCC4)[nH]n3)nc(Sc3cccc(N)c3)n2)CC1. The highest BCUT2D eigenvalue weighted by atomic mass is 32.2. The largest absolute Gasteiger partial charge is 0.399 e. The van der Waals surface area contributed by atoms with Crippen LogP contribution < -0.4 is 16.0 Å². The summed E-state index contributed by atoms with van der Waals surface area (Å²) in [5.41, 5.74) is 7.84. The smallest absolute Gasteiger partial charge is 0.234 e. The molecule has 162 valence electrons. The van der Waals surface area contributed by atoms with Gasteiger partial charge in [0.25, 0.3) is 0 Å². The molecule has 3 heterocycles. The number of hydrogen-bond donors (Lipinski definition) is 3. The Morgan fingerprint density at radius 2 is 1.94 bits per heavy atom. The average Bonchev–Trinajstić information content (AvgIpc) is 3.14. The Kier molecular flexibility index (Phi) is 5.65. The van der Waals surface area contributed by atoms with Crippen molar-refractivity contribution in [2.24, 2.45) is 0 Å². The van der Waals surface area contributed by atoms with Crippen LogP contribution in [0.4, 0.5) is 23.4 Å². The third-order valence-electron chi connectivity index (χ3n) is 5.84. The summed E-state index contributed by atoms with van der Waals surface area (Å²) in [5, 5.41) is 11.5. The number of H-pyrrole nitrogens is 1. The quantitative estimate of drug-likeness (QED) is 0.501. The van der Waals surface area contributed by atoms with Gasteiger partial charge in [-0.3, -0.25) is 5.10 Å². The van der Waals surface area contributed by atoms with Gasteiger partial charge in [-0.05, 0) is 49.9 Å². The van der Waals surface area contributed by atoms with Crippen molar-refractivity contribution in [3.8, 4) is 0 Å². The Morgan fingerprint density at radius 1 is 1.10 bits per heavy atom. The van der Waals surface area contributed by atoms with Crippen LogP contribution in [0.15, 0.2) is 40.4 Å². The normalized spacial score (nSPS) is 17.5. The van der Waals surface area contributed by atoms with E-state index in [-0.39, 0.29) is 0 Å². The van der Waals surface area contributed by atoms with E-state index in [1.165, 1.54) is 36.7 Å². The molecule has 0 spiro atoms. The van der Waals surface area contributed by atoms with Gasteiger partial charge in [-0.2, -0.15) is 20.1 Å². The summed E-state index contributed by atoms with van der Waals surface area (Å²) in [5.74, 6) is 2.52. The van der Waals surface area contributed by atoms with E-state index < -0.39 is 0 Å². The van der Waals surface area contributed by atoms with E-state index in [1.54, 1.807) is 0 Å². The molecular formula is C21H27N9S. The second-order valence-corrected chi connectivity index (χ2v) is 9.21. The molecule has 4 N–H and O–H groups in total. The van der Waals surface area contributed by atoms with Gasteiger partial charge >= 0.3 is 0 Å². The zero-order valence-corrected chi connectivity index (χ0v) is 18.4. The van der Waals surface area contributed by atoms with Crippen LogP contribution in [0.5, 0.6) is 0 Å². The minimum Gasteiger partial charge on any atom is -0.399 e. The van der Waals surface area contributed by atoms with Crippen molar-refractivity contribution in [3.05, 3.63) is 36.0 Å². The van der Waals surface area contributed by atoms with E-state index in [4.69, 9.17) is 15.7 Å². The van der Waals surface area contributed by atoms with Gasteiger partial charge in [-0.25, -0.2) is 0 Å². The number of anilines is 4. The van der Waals surface area contributed by atoms with Crippen molar-refractivity contribution >= 4 is 35.2 Å². The fourth-order valence-corrected chi connectivity index (χ4v) is 4.53. The molecule has 0 radical (unpaired) electrons. The Morgan fingerprint density at radius 3 is 2.68 bits per heavy atom. The topological polar surface area (TPSA) is 112 Å². The molecule has 1 aliphatic carbocycles. The first-order valence-electron chi connectivity index (χ1n) is 10.7. The number of piperazine rings is 1. The second kappa shape index (κ2) is 8.72. The Balaban J connectivity index is 1.41. The molecule has 31 heavy (non-hydrogen) atoms. The summed E-state index contributed by atoms with van der Waals surface area (Å²) in [4.78, 5) is 19.6. The first kappa shape index (κ1) is 20.1. The molecule has 0 atom stereocenters. The average molecular weight is 438 g/mol. The lowest BCUT2D eigenvalue weighted by molar-refractivity contribution is 0.311. The predicted octanol–water partition coefficient (Wildman–Crippen LogP) is 3.09. The maximum absolute atomic E-state index is 5.94. The number of nitrogen functional groups attached to an aromatic ring is 1. The lowest BCUT2D eigenvalue weighted by Gasteiger charge is -2.32. The van der Waals surface area contributed by atoms with Crippen LogP contribution in [0.25, 0.3) is 0 Å². The van der Waals surface area contributed by atoms with E-state index in [0.29, 0.717) is 23.0 Å². The molecule has 3 aromatic rings. The van der Waals surface area contributed by atoms with Crippen molar-refractivity contribution in [2.45, 2.75) is 35.2 Å². The second-order valence-electron chi connectivity index (χ2n) is 8.17. The van der Waals surface area contributed by atoms with Crippen molar-refractivity contribution in [2.75, 3.05) is 49.2 Å². The van der Waals surface area contributed by atoms with Crippen LogP contribution in [0.1, 0.15) is 30.9 Å². The van der Waals surface area contributed by atoms with Gasteiger partial charge in [0.05, 0.1) is 0 Å². The molecular weight excluding hydrogens is 410 g/mol. The molecule has 0 bridgehead atoms. The van der Waals surface area contributed by atoms with Crippen LogP contribution in [-0.4, -0.2) is 63.3 Å². The van der Waals surface area contributed by atoms with Crippen LogP contribution in [0, 0.1) is 0 Å². The molecule has 1 saturated carbocycles. The minimum atomic E-state index is 0.502. The maximum Gasteiger partial charge on any atom is 0.234 e. The molecule has 0 amide bonds. The van der Waals surface area contributed by atoms with Gasteiger partial charge in [0, 0.05) is 54.4 Å². The van der Waals surface area contributed by atoms with E-state index in [2.05, 4.69) is 43.4 Å². The van der Waals surface area contributed by atoms with Crippen molar-refractivity contribution in [1.29, 1.82) is 0 Å². The predicted molar refractivity (Wildman–Crippen MR) is 123 cm³/mol. The van der Waals surface area contributed by atoms with Gasteiger partial charge in [-0.15, -0.1) is 0 Å². The van der Waals surface area contributed by atoms with Crippen molar-refractivity contribution in [1.82, 2.24) is 30.0 Å². The number of nitrogens with two attached hydrogens (primary N) is 1. The molecule has 5 rings (SSSR count). The first-order valence-corrected chi connectivity index (χ1v) is 11.5. The summed E-state index contributed by atoms with van der Waals surface area (Å²) in [6.45, 7) is 3.74. The van der Waals surface area contributed by atoms with Crippen molar-refractivity contribution in [3.63, 3.8) is 0 Å². The summed E-state index contributed by atoms with van der Waals surface area (Å²) in [6.07, 6.45) is 3.74. The highest BCUT2D eigenvalue weighted by molar-refractivity contribution is 7.99. The monoisotopic (exact) mass is 437 g/mol. The third kappa shape index (κ3) is 4.75.